The van der Waals surface area contributed by atoms with Crippen molar-refractivity contribution in [1.29, 1.82) is 0 Å². The SMILES string of the molecule is O=C(O)C(=O)O.OCCN(Cc1ccccc1)Cc1ccc(F)cc1. The van der Waals surface area contributed by atoms with Crippen LogP contribution in [0.5, 0.6) is 0 Å². The summed E-state index contributed by atoms with van der Waals surface area (Å²) in [7, 11) is 0. The molecule has 3 N–H and O–H groups in total. The number of nitrogens with zero attached hydrogens (tertiary/aromatic N) is 1. The van der Waals surface area contributed by atoms with Crippen LogP contribution >= 0.6 is 0 Å². The van der Waals surface area contributed by atoms with Crippen molar-refractivity contribution >= 4 is 11.9 Å². The van der Waals surface area contributed by atoms with Crippen LogP contribution in [0, 0.1) is 5.82 Å². The number of rotatable bonds is 6. The van der Waals surface area contributed by atoms with Gasteiger partial charge in [0.15, 0.2) is 0 Å². The molecule has 7 heteroatoms. The molecule has 0 aromatic heterocycles. The van der Waals surface area contributed by atoms with Gasteiger partial charge in [-0.05, 0) is 23.3 Å². The third-order valence-corrected chi connectivity index (χ3v) is 3.17. The summed E-state index contributed by atoms with van der Waals surface area (Å²) in [4.78, 5) is 20.3. The maximum atomic E-state index is 12.9. The molecule has 0 atom stereocenters. The Kier molecular flexibility index (Phi) is 8.84. The zero-order valence-electron chi connectivity index (χ0n) is 13.5. The third-order valence-electron chi connectivity index (χ3n) is 3.17. The maximum Gasteiger partial charge on any atom is 0.414 e. The lowest BCUT2D eigenvalue weighted by molar-refractivity contribution is -0.159. The molecule has 6 nitrogen and oxygen atoms in total. The average molecular weight is 349 g/mol. The number of carboxylic acid groups (broad SMARTS) is 2. The van der Waals surface area contributed by atoms with Crippen molar-refractivity contribution < 1.29 is 29.3 Å². The highest BCUT2D eigenvalue weighted by Crippen LogP contribution is 2.10. The molecule has 2 rings (SSSR count). The Hall–Kier alpha value is -2.77. The molecule has 25 heavy (non-hydrogen) atoms. The van der Waals surface area contributed by atoms with Gasteiger partial charge in [0.1, 0.15) is 5.82 Å². The fourth-order valence-electron chi connectivity index (χ4n) is 2.05. The number of halogens is 1. The van der Waals surface area contributed by atoms with Crippen LogP contribution in [-0.2, 0) is 22.7 Å². The first-order valence-electron chi connectivity index (χ1n) is 7.50. The zero-order valence-corrected chi connectivity index (χ0v) is 13.5. The second kappa shape index (κ2) is 10.9. The molecule has 0 amide bonds. The number of aliphatic carboxylic acids is 2. The summed E-state index contributed by atoms with van der Waals surface area (Å²) in [6.45, 7) is 2.20. The molecular formula is C18H20FNO5. The molecule has 134 valence electrons. The van der Waals surface area contributed by atoms with E-state index in [0.717, 1.165) is 12.1 Å². The molecular weight excluding hydrogens is 329 g/mol. The maximum absolute atomic E-state index is 12.9. The standard InChI is InChI=1S/C16H18FNO.C2H2O4/c17-16-8-6-15(7-9-16)13-18(10-11-19)12-14-4-2-1-3-5-14;3-1(4)2(5)6/h1-9,19H,10-13H2;(H,3,4)(H,5,6). The number of hydrogen-bond donors (Lipinski definition) is 3. The molecule has 2 aromatic rings. The van der Waals surface area contributed by atoms with E-state index in [1.807, 2.05) is 18.2 Å². The molecule has 0 aliphatic carbocycles. The minimum absolute atomic E-state index is 0.119. The Labute approximate surface area is 144 Å². The van der Waals surface area contributed by atoms with E-state index in [-0.39, 0.29) is 12.4 Å². The molecule has 0 aliphatic heterocycles. The number of hydrogen-bond acceptors (Lipinski definition) is 4. The highest BCUT2D eigenvalue weighted by Gasteiger charge is 2.06. The van der Waals surface area contributed by atoms with Crippen LogP contribution in [0.15, 0.2) is 54.6 Å². The minimum Gasteiger partial charge on any atom is -0.473 e. The molecule has 0 spiro atoms. The first kappa shape index (κ1) is 20.3. The molecule has 0 unspecified atom stereocenters. The molecule has 2 aromatic carbocycles. The summed E-state index contributed by atoms with van der Waals surface area (Å²) in [6.07, 6.45) is 0. The van der Waals surface area contributed by atoms with Gasteiger partial charge in [-0.2, -0.15) is 0 Å². The van der Waals surface area contributed by atoms with Crippen LogP contribution in [0.4, 0.5) is 4.39 Å². The summed E-state index contributed by atoms with van der Waals surface area (Å²) in [6, 6.07) is 16.6. The Morgan fingerprint density at radius 2 is 1.32 bits per heavy atom. The Bertz CT molecular complexity index is 649. The highest BCUT2D eigenvalue weighted by atomic mass is 19.1. The summed E-state index contributed by atoms with van der Waals surface area (Å²) in [5.74, 6) is -3.87. The van der Waals surface area contributed by atoms with Crippen LogP contribution in [0.1, 0.15) is 11.1 Å². The number of carboxylic acids is 2. The van der Waals surface area contributed by atoms with E-state index < -0.39 is 11.9 Å². The monoisotopic (exact) mass is 349 g/mol. The first-order chi connectivity index (χ1) is 11.9. The first-order valence-corrected chi connectivity index (χ1v) is 7.50. The number of aliphatic hydroxyl groups excluding tert-OH is 1. The van der Waals surface area contributed by atoms with Gasteiger partial charge in [0.05, 0.1) is 6.61 Å². The fourth-order valence-corrected chi connectivity index (χ4v) is 2.05. The fraction of sp³-hybridized carbons (Fsp3) is 0.222. The molecule has 0 fully saturated rings. The van der Waals surface area contributed by atoms with Crippen LogP contribution < -0.4 is 0 Å². The number of carbonyl (C=O) groups is 2. The van der Waals surface area contributed by atoms with Crippen molar-refractivity contribution in [2.45, 2.75) is 13.1 Å². The smallest absolute Gasteiger partial charge is 0.414 e. The lowest BCUT2D eigenvalue weighted by atomic mass is 10.1. The van der Waals surface area contributed by atoms with Crippen molar-refractivity contribution in [1.82, 2.24) is 4.90 Å². The van der Waals surface area contributed by atoms with E-state index >= 15 is 0 Å². The summed E-state index contributed by atoms with van der Waals surface area (Å²) >= 11 is 0. The summed E-state index contributed by atoms with van der Waals surface area (Å²) in [5.41, 5.74) is 2.25. The van der Waals surface area contributed by atoms with Gasteiger partial charge in [0.2, 0.25) is 0 Å². The number of benzene rings is 2. The quantitative estimate of drug-likeness (QED) is 0.690. The van der Waals surface area contributed by atoms with Crippen LogP contribution in [-0.4, -0.2) is 45.3 Å². The predicted molar refractivity (Wildman–Crippen MR) is 89.3 cm³/mol. The Balaban J connectivity index is 0.000000450. The third kappa shape index (κ3) is 8.59. The second-order valence-electron chi connectivity index (χ2n) is 5.16. The summed E-state index contributed by atoms with van der Waals surface area (Å²) < 4.78 is 12.9. The molecule has 0 saturated carbocycles. The van der Waals surface area contributed by atoms with Crippen molar-refractivity contribution in [3.8, 4) is 0 Å². The van der Waals surface area contributed by atoms with Crippen molar-refractivity contribution in [3.63, 3.8) is 0 Å². The van der Waals surface area contributed by atoms with Gasteiger partial charge < -0.3 is 15.3 Å². The van der Waals surface area contributed by atoms with E-state index in [1.54, 1.807) is 12.1 Å². The zero-order chi connectivity index (χ0) is 18.7. The topological polar surface area (TPSA) is 98.1 Å². The van der Waals surface area contributed by atoms with Gasteiger partial charge in [0, 0.05) is 19.6 Å². The Morgan fingerprint density at radius 1 is 0.840 bits per heavy atom. The van der Waals surface area contributed by atoms with Crippen LogP contribution in [0.3, 0.4) is 0 Å². The minimum atomic E-state index is -1.82. The number of aliphatic hydroxyl groups is 1. The lowest BCUT2D eigenvalue weighted by Crippen LogP contribution is -2.26. The van der Waals surface area contributed by atoms with E-state index in [0.29, 0.717) is 13.1 Å². The molecule has 0 heterocycles. The highest BCUT2D eigenvalue weighted by molar-refractivity contribution is 6.27. The van der Waals surface area contributed by atoms with Gasteiger partial charge in [-0.1, -0.05) is 42.5 Å². The average Bonchev–Trinajstić information content (AvgIpc) is 2.58. The van der Waals surface area contributed by atoms with Crippen molar-refractivity contribution in [2.24, 2.45) is 0 Å². The lowest BCUT2D eigenvalue weighted by Gasteiger charge is -2.21. The van der Waals surface area contributed by atoms with E-state index in [2.05, 4.69) is 17.0 Å². The Morgan fingerprint density at radius 3 is 1.76 bits per heavy atom. The van der Waals surface area contributed by atoms with Gasteiger partial charge in [-0.15, -0.1) is 0 Å². The summed E-state index contributed by atoms with van der Waals surface area (Å²) in [5, 5.41) is 23.9. The molecule has 0 saturated heterocycles. The van der Waals surface area contributed by atoms with Gasteiger partial charge in [0.25, 0.3) is 0 Å². The van der Waals surface area contributed by atoms with Gasteiger partial charge in [-0.25, -0.2) is 14.0 Å². The van der Waals surface area contributed by atoms with Crippen LogP contribution in [0.2, 0.25) is 0 Å². The van der Waals surface area contributed by atoms with Gasteiger partial charge in [-0.3, -0.25) is 4.90 Å². The van der Waals surface area contributed by atoms with Gasteiger partial charge >= 0.3 is 11.9 Å². The predicted octanol–water partition coefficient (Wildman–Crippen LogP) is 1.98. The van der Waals surface area contributed by atoms with E-state index in [4.69, 9.17) is 24.9 Å². The molecule has 0 bridgehead atoms. The van der Waals surface area contributed by atoms with Crippen molar-refractivity contribution in [3.05, 3.63) is 71.5 Å². The van der Waals surface area contributed by atoms with E-state index in [1.165, 1.54) is 17.7 Å². The second-order valence-corrected chi connectivity index (χ2v) is 5.16. The van der Waals surface area contributed by atoms with Crippen molar-refractivity contribution in [2.75, 3.05) is 13.2 Å². The van der Waals surface area contributed by atoms with E-state index in [9.17, 15) is 4.39 Å². The molecule has 0 aliphatic rings. The molecule has 0 radical (unpaired) electrons. The normalized spacial score (nSPS) is 10.0. The largest absolute Gasteiger partial charge is 0.473 e. The van der Waals surface area contributed by atoms with Crippen LogP contribution in [0.25, 0.3) is 0 Å².